The van der Waals surface area contributed by atoms with Crippen LogP contribution in [-0.2, 0) is 32.1 Å². The van der Waals surface area contributed by atoms with Crippen molar-refractivity contribution in [2.45, 2.75) is 62.4 Å². The number of fused-ring (bicyclic) bond motifs is 1. The summed E-state index contributed by atoms with van der Waals surface area (Å²) in [6, 6.07) is 24.7. The van der Waals surface area contributed by atoms with Gasteiger partial charge in [-0.1, -0.05) is 79.7 Å². The Kier molecular flexibility index (Phi) is 10.3. The second kappa shape index (κ2) is 14.6. The highest BCUT2D eigenvalue weighted by molar-refractivity contribution is 6.05. The van der Waals surface area contributed by atoms with Crippen molar-refractivity contribution in [3.05, 3.63) is 121 Å². The maximum Gasteiger partial charge on any atom is 0.253 e. The topological polar surface area (TPSA) is 99.6 Å². The number of amides is 3. The van der Waals surface area contributed by atoms with Gasteiger partial charge in [0.1, 0.15) is 17.4 Å². The van der Waals surface area contributed by atoms with E-state index in [2.05, 4.69) is 13.2 Å². The van der Waals surface area contributed by atoms with Gasteiger partial charge in [0.25, 0.3) is 5.91 Å². The normalized spacial score (nSPS) is 25.5. The maximum atomic E-state index is 15.2. The van der Waals surface area contributed by atoms with E-state index >= 15 is 9.59 Å². The molecule has 3 aromatic rings. The fourth-order valence-electron chi connectivity index (χ4n) is 8.59. The van der Waals surface area contributed by atoms with E-state index in [4.69, 9.17) is 9.47 Å². The van der Waals surface area contributed by atoms with Gasteiger partial charge in [-0.15, -0.1) is 13.2 Å². The predicted molar refractivity (Wildman–Crippen MR) is 192 cm³/mol. The standard InChI is InChI=1S/C41H47N3O6/c1-5-24-42(27-30-16-12-9-13-17-30)37(46)34-35-38(47)44(32(28-45)26-29-14-10-8-11-15-29)36(41(35)23-22-40(34,7-3)50-41)39(48)43(25-6-2)31-18-20-33(49-4)21-19-31/h5-6,8-21,32,34-36,45H,1-2,7,22-28H2,3-4H3/t32-,34-,35+,36?,40+,41?/m1/s1. The van der Waals surface area contributed by atoms with Crippen LogP contribution in [0.2, 0.25) is 0 Å². The fraction of sp³-hybridized carbons (Fsp3) is 0.390. The number of anilines is 1. The largest absolute Gasteiger partial charge is 0.497 e. The number of ether oxygens (including phenoxy) is 2. The summed E-state index contributed by atoms with van der Waals surface area (Å²) < 4.78 is 12.5. The number of aliphatic hydroxyl groups excluding tert-OH is 1. The van der Waals surface area contributed by atoms with Crippen LogP contribution in [0.15, 0.2) is 110 Å². The number of carbonyl (C=O) groups is 3. The lowest BCUT2D eigenvalue weighted by molar-refractivity contribution is -0.153. The fourth-order valence-corrected chi connectivity index (χ4v) is 8.59. The van der Waals surface area contributed by atoms with Crippen LogP contribution >= 0.6 is 0 Å². The van der Waals surface area contributed by atoms with Gasteiger partial charge in [0.15, 0.2) is 0 Å². The predicted octanol–water partition coefficient (Wildman–Crippen LogP) is 5.19. The number of nitrogens with zero attached hydrogens (tertiary/aromatic N) is 3. The first-order valence-electron chi connectivity index (χ1n) is 17.4. The molecule has 6 atom stereocenters. The Morgan fingerprint density at radius 2 is 1.60 bits per heavy atom. The zero-order valence-electron chi connectivity index (χ0n) is 28.9. The molecule has 3 saturated heterocycles. The minimum atomic E-state index is -1.27. The first kappa shape index (κ1) is 35.1. The zero-order valence-corrected chi connectivity index (χ0v) is 28.9. The lowest BCUT2D eigenvalue weighted by Crippen LogP contribution is -2.59. The minimum Gasteiger partial charge on any atom is -0.497 e. The van der Waals surface area contributed by atoms with Crippen molar-refractivity contribution >= 4 is 23.4 Å². The van der Waals surface area contributed by atoms with E-state index in [1.807, 2.05) is 67.6 Å². The van der Waals surface area contributed by atoms with Gasteiger partial charge in [-0.05, 0) is 61.1 Å². The second-order valence-electron chi connectivity index (χ2n) is 13.5. The molecule has 9 heteroatoms. The summed E-state index contributed by atoms with van der Waals surface area (Å²) >= 11 is 0. The van der Waals surface area contributed by atoms with E-state index in [-0.39, 0.29) is 30.9 Å². The average molecular weight is 678 g/mol. The van der Waals surface area contributed by atoms with E-state index in [0.29, 0.717) is 50.2 Å². The maximum absolute atomic E-state index is 15.2. The van der Waals surface area contributed by atoms with E-state index in [0.717, 1.165) is 11.1 Å². The van der Waals surface area contributed by atoms with Crippen molar-refractivity contribution in [2.24, 2.45) is 11.8 Å². The quantitative estimate of drug-likeness (QED) is 0.223. The van der Waals surface area contributed by atoms with Crippen LogP contribution in [0.5, 0.6) is 5.75 Å². The first-order chi connectivity index (χ1) is 24.3. The molecule has 3 aliphatic rings. The molecule has 3 fully saturated rings. The highest BCUT2D eigenvalue weighted by Crippen LogP contribution is 2.65. The Morgan fingerprint density at radius 3 is 2.18 bits per heavy atom. The van der Waals surface area contributed by atoms with Crippen LogP contribution in [0.1, 0.15) is 37.3 Å². The smallest absolute Gasteiger partial charge is 0.253 e. The molecule has 2 unspecified atom stereocenters. The summed E-state index contributed by atoms with van der Waals surface area (Å²) in [6.07, 6.45) is 5.14. The van der Waals surface area contributed by atoms with E-state index in [1.165, 1.54) is 0 Å². The van der Waals surface area contributed by atoms with Crippen molar-refractivity contribution in [3.63, 3.8) is 0 Å². The number of rotatable bonds is 15. The summed E-state index contributed by atoms with van der Waals surface area (Å²) in [5.74, 6) is -1.95. The molecule has 6 rings (SSSR count). The molecule has 9 nitrogen and oxygen atoms in total. The lowest BCUT2D eigenvalue weighted by Gasteiger charge is -2.39. The highest BCUT2D eigenvalue weighted by atomic mass is 16.5. The third-order valence-electron chi connectivity index (χ3n) is 10.9. The molecule has 3 amide bonds. The first-order valence-corrected chi connectivity index (χ1v) is 17.4. The molecule has 1 spiro atoms. The minimum absolute atomic E-state index is 0.179. The molecule has 1 N–H and O–H groups in total. The van der Waals surface area contributed by atoms with E-state index in [1.54, 1.807) is 58.2 Å². The molecule has 0 saturated carbocycles. The van der Waals surface area contributed by atoms with Gasteiger partial charge in [-0.3, -0.25) is 14.4 Å². The van der Waals surface area contributed by atoms with Gasteiger partial charge < -0.3 is 29.3 Å². The summed E-state index contributed by atoms with van der Waals surface area (Å²) in [4.78, 5) is 50.1. The summed E-state index contributed by atoms with van der Waals surface area (Å²) in [5.41, 5.74) is 0.295. The van der Waals surface area contributed by atoms with Gasteiger partial charge in [-0.2, -0.15) is 0 Å². The van der Waals surface area contributed by atoms with Crippen LogP contribution < -0.4 is 9.64 Å². The van der Waals surface area contributed by atoms with Gasteiger partial charge >= 0.3 is 0 Å². The molecule has 2 bridgehead atoms. The van der Waals surface area contributed by atoms with Crippen LogP contribution in [0.4, 0.5) is 5.69 Å². The Balaban J connectivity index is 1.46. The Labute approximate surface area is 294 Å². The molecule has 3 aliphatic heterocycles. The molecule has 3 aromatic carbocycles. The molecule has 262 valence electrons. The second-order valence-corrected chi connectivity index (χ2v) is 13.5. The van der Waals surface area contributed by atoms with E-state index < -0.39 is 35.1 Å². The molecule has 0 aromatic heterocycles. The SMILES string of the molecule is C=CCN(Cc1ccccc1)C(=O)[C@H]1[C@H]2C(=O)N([C@@H](CO)Cc3ccccc3)C(C(=O)N(CC=C)c3ccc(OC)cc3)C23CC[C@]1(CC)O3. The van der Waals surface area contributed by atoms with Gasteiger partial charge in [-0.25, -0.2) is 0 Å². The number of hydrogen-bond donors (Lipinski definition) is 1. The Hall–Kier alpha value is -4.73. The van der Waals surface area contributed by atoms with Crippen molar-refractivity contribution in [2.75, 3.05) is 31.7 Å². The third kappa shape index (κ3) is 6.03. The molecular formula is C41H47N3O6. The zero-order chi connectivity index (χ0) is 35.5. The van der Waals surface area contributed by atoms with Crippen molar-refractivity contribution < 1.29 is 29.0 Å². The van der Waals surface area contributed by atoms with Crippen molar-refractivity contribution in [1.29, 1.82) is 0 Å². The number of methoxy groups -OCH3 is 1. The van der Waals surface area contributed by atoms with Gasteiger partial charge in [0, 0.05) is 25.3 Å². The molecule has 0 radical (unpaired) electrons. The number of hydrogen-bond acceptors (Lipinski definition) is 6. The summed E-state index contributed by atoms with van der Waals surface area (Å²) in [7, 11) is 1.58. The van der Waals surface area contributed by atoms with Gasteiger partial charge in [0.05, 0.1) is 37.2 Å². The van der Waals surface area contributed by atoms with Crippen LogP contribution in [0.25, 0.3) is 0 Å². The van der Waals surface area contributed by atoms with Crippen LogP contribution in [0, 0.1) is 11.8 Å². The van der Waals surface area contributed by atoms with Crippen molar-refractivity contribution in [3.8, 4) is 5.75 Å². The number of aliphatic hydroxyl groups is 1. The monoisotopic (exact) mass is 677 g/mol. The number of carbonyl (C=O) groups excluding carboxylic acids is 3. The Morgan fingerprint density at radius 1 is 0.960 bits per heavy atom. The lowest BCUT2D eigenvalue weighted by atomic mass is 9.64. The summed E-state index contributed by atoms with van der Waals surface area (Å²) in [6.45, 7) is 10.3. The molecule has 50 heavy (non-hydrogen) atoms. The van der Waals surface area contributed by atoms with Crippen LogP contribution in [-0.4, -0.2) is 82.7 Å². The molecule has 3 heterocycles. The highest BCUT2D eigenvalue weighted by Gasteiger charge is 2.79. The van der Waals surface area contributed by atoms with Gasteiger partial charge in [0.2, 0.25) is 11.8 Å². The van der Waals surface area contributed by atoms with Crippen molar-refractivity contribution in [1.82, 2.24) is 9.80 Å². The van der Waals surface area contributed by atoms with E-state index in [9.17, 15) is 9.90 Å². The van der Waals surface area contributed by atoms with Crippen LogP contribution in [0.3, 0.4) is 0 Å². The average Bonchev–Trinajstić information content (AvgIpc) is 3.76. The molecular weight excluding hydrogens is 630 g/mol. The number of benzene rings is 3. The summed E-state index contributed by atoms with van der Waals surface area (Å²) in [5, 5.41) is 10.9. The third-order valence-corrected chi connectivity index (χ3v) is 10.9. The Bertz CT molecular complexity index is 1700. The molecule has 0 aliphatic carbocycles. The number of likely N-dealkylation sites (tertiary alicyclic amines) is 1.